The lowest BCUT2D eigenvalue weighted by Gasteiger charge is -2.05. The van der Waals surface area contributed by atoms with E-state index in [9.17, 15) is 0 Å². The normalized spacial score (nSPS) is 10.4. The van der Waals surface area contributed by atoms with E-state index in [2.05, 4.69) is 10.3 Å². The molecule has 1 N–H and O–H groups in total. The second kappa shape index (κ2) is 4.58. The summed E-state index contributed by atoms with van der Waals surface area (Å²) >= 11 is 6.01. The van der Waals surface area contributed by atoms with E-state index in [0.717, 1.165) is 17.1 Å². The van der Waals surface area contributed by atoms with Gasteiger partial charge < -0.3 is 9.73 Å². The van der Waals surface area contributed by atoms with Gasteiger partial charge in [0.2, 0.25) is 5.89 Å². The van der Waals surface area contributed by atoms with Crippen LogP contribution >= 0.6 is 11.6 Å². The number of nitrogens with one attached hydrogen (secondary N) is 1. The van der Waals surface area contributed by atoms with Gasteiger partial charge in [-0.15, -0.1) is 0 Å². The van der Waals surface area contributed by atoms with Gasteiger partial charge in [-0.1, -0.05) is 23.7 Å². The standard InChI is InChI=1S/C12H13ClN2O/c1-8-9(2)16-12(15-8)7-14-11-6-4-3-5-10(11)13/h3-6,14H,7H2,1-2H3. The first-order valence-electron chi connectivity index (χ1n) is 5.08. The number of rotatable bonds is 3. The SMILES string of the molecule is Cc1nc(CNc2ccccc2Cl)oc1C. The summed E-state index contributed by atoms with van der Waals surface area (Å²) in [4.78, 5) is 4.28. The van der Waals surface area contributed by atoms with Gasteiger partial charge in [-0.3, -0.25) is 0 Å². The van der Waals surface area contributed by atoms with Crippen LogP contribution in [-0.2, 0) is 6.54 Å². The van der Waals surface area contributed by atoms with Crippen molar-refractivity contribution in [3.63, 3.8) is 0 Å². The van der Waals surface area contributed by atoms with Crippen molar-refractivity contribution >= 4 is 17.3 Å². The number of halogens is 1. The van der Waals surface area contributed by atoms with E-state index >= 15 is 0 Å². The third-order valence-electron chi connectivity index (χ3n) is 2.38. The van der Waals surface area contributed by atoms with Crippen molar-refractivity contribution in [2.24, 2.45) is 0 Å². The first kappa shape index (κ1) is 11.0. The van der Waals surface area contributed by atoms with Gasteiger partial charge in [0.1, 0.15) is 5.76 Å². The van der Waals surface area contributed by atoms with Crippen LogP contribution in [0, 0.1) is 13.8 Å². The molecule has 0 spiro atoms. The monoisotopic (exact) mass is 236 g/mol. The maximum Gasteiger partial charge on any atom is 0.213 e. The number of aromatic nitrogens is 1. The lowest BCUT2D eigenvalue weighted by molar-refractivity contribution is 0.478. The summed E-state index contributed by atoms with van der Waals surface area (Å²) in [5, 5.41) is 3.88. The van der Waals surface area contributed by atoms with Gasteiger partial charge in [0.15, 0.2) is 0 Å². The van der Waals surface area contributed by atoms with Crippen molar-refractivity contribution in [1.29, 1.82) is 0 Å². The minimum absolute atomic E-state index is 0.540. The molecule has 3 nitrogen and oxygen atoms in total. The van der Waals surface area contributed by atoms with Gasteiger partial charge in [0.05, 0.1) is 22.9 Å². The number of benzene rings is 1. The number of anilines is 1. The van der Waals surface area contributed by atoms with E-state index in [-0.39, 0.29) is 0 Å². The minimum Gasteiger partial charge on any atom is -0.444 e. The Labute approximate surface area is 99.5 Å². The van der Waals surface area contributed by atoms with E-state index in [1.165, 1.54) is 0 Å². The Morgan fingerprint density at radius 1 is 1.31 bits per heavy atom. The number of oxazole rings is 1. The summed E-state index contributed by atoms with van der Waals surface area (Å²) in [6, 6.07) is 7.59. The molecule has 0 amide bonds. The molecule has 16 heavy (non-hydrogen) atoms. The largest absolute Gasteiger partial charge is 0.444 e. The number of nitrogens with zero attached hydrogens (tertiary/aromatic N) is 1. The Bertz CT molecular complexity index is 474. The fourth-order valence-corrected chi connectivity index (χ4v) is 1.59. The van der Waals surface area contributed by atoms with E-state index in [4.69, 9.17) is 16.0 Å². The molecule has 4 heteroatoms. The molecule has 0 saturated heterocycles. The zero-order chi connectivity index (χ0) is 11.5. The van der Waals surface area contributed by atoms with Crippen molar-refractivity contribution in [2.45, 2.75) is 20.4 Å². The maximum atomic E-state index is 6.01. The van der Waals surface area contributed by atoms with Gasteiger partial charge in [-0.05, 0) is 26.0 Å². The number of hydrogen-bond acceptors (Lipinski definition) is 3. The van der Waals surface area contributed by atoms with E-state index in [1.807, 2.05) is 38.1 Å². The topological polar surface area (TPSA) is 38.1 Å². The van der Waals surface area contributed by atoms with Crippen molar-refractivity contribution in [3.05, 3.63) is 46.6 Å². The summed E-state index contributed by atoms with van der Waals surface area (Å²) < 4.78 is 5.46. The molecular weight excluding hydrogens is 224 g/mol. The summed E-state index contributed by atoms with van der Waals surface area (Å²) in [7, 11) is 0. The first-order chi connectivity index (χ1) is 7.66. The average Bonchev–Trinajstić information content (AvgIpc) is 2.57. The molecule has 1 heterocycles. The first-order valence-corrected chi connectivity index (χ1v) is 5.46. The van der Waals surface area contributed by atoms with Crippen molar-refractivity contribution in [2.75, 3.05) is 5.32 Å². The van der Waals surface area contributed by atoms with Crippen LogP contribution in [0.15, 0.2) is 28.7 Å². The molecule has 0 aliphatic rings. The minimum atomic E-state index is 0.540. The summed E-state index contributed by atoms with van der Waals surface area (Å²) in [6.07, 6.45) is 0. The van der Waals surface area contributed by atoms with Crippen molar-refractivity contribution in [3.8, 4) is 0 Å². The second-order valence-electron chi connectivity index (χ2n) is 3.58. The molecule has 0 bridgehead atoms. The fraction of sp³-hybridized carbons (Fsp3) is 0.250. The van der Waals surface area contributed by atoms with E-state index < -0.39 is 0 Å². The van der Waals surface area contributed by atoms with Gasteiger partial charge in [-0.25, -0.2) is 4.98 Å². The summed E-state index contributed by atoms with van der Waals surface area (Å²) in [5.41, 5.74) is 1.81. The van der Waals surface area contributed by atoms with Crippen molar-refractivity contribution in [1.82, 2.24) is 4.98 Å². The summed E-state index contributed by atoms with van der Waals surface area (Å²) in [6.45, 7) is 4.37. The Balaban J connectivity index is 2.05. The molecule has 1 aromatic heterocycles. The van der Waals surface area contributed by atoms with Crippen molar-refractivity contribution < 1.29 is 4.42 Å². The van der Waals surface area contributed by atoms with Crippen LogP contribution in [0.2, 0.25) is 5.02 Å². The average molecular weight is 237 g/mol. The van der Waals surface area contributed by atoms with Crippen LogP contribution in [-0.4, -0.2) is 4.98 Å². The molecule has 2 aromatic rings. The molecule has 0 aliphatic heterocycles. The lowest BCUT2D eigenvalue weighted by Crippen LogP contribution is -1.99. The van der Waals surface area contributed by atoms with Crippen LogP contribution in [0.3, 0.4) is 0 Å². The van der Waals surface area contributed by atoms with Crippen LogP contribution in [0.1, 0.15) is 17.3 Å². The van der Waals surface area contributed by atoms with E-state index in [0.29, 0.717) is 17.5 Å². The number of aryl methyl sites for hydroxylation is 2. The Hall–Kier alpha value is -1.48. The predicted octanol–water partition coefficient (Wildman–Crippen LogP) is 3.56. The Morgan fingerprint density at radius 2 is 2.06 bits per heavy atom. The molecule has 0 radical (unpaired) electrons. The summed E-state index contributed by atoms with van der Waals surface area (Å²) in [5.74, 6) is 1.53. The number of hydrogen-bond donors (Lipinski definition) is 1. The highest BCUT2D eigenvalue weighted by atomic mass is 35.5. The molecular formula is C12H13ClN2O. The molecule has 0 atom stereocenters. The predicted molar refractivity (Wildman–Crippen MR) is 64.8 cm³/mol. The molecule has 0 saturated carbocycles. The Morgan fingerprint density at radius 3 is 2.69 bits per heavy atom. The smallest absolute Gasteiger partial charge is 0.213 e. The van der Waals surface area contributed by atoms with Gasteiger partial charge in [0, 0.05) is 0 Å². The highest BCUT2D eigenvalue weighted by Gasteiger charge is 2.05. The molecule has 0 fully saturated rings. The second-order valence-corrected chi connectivity index (χ2v) is 3.99. The highest BCUT2D eigenvalue weighted by Crippen LogP contribution is 2.21. The van der Waals surface area contributed by atoms with Gasteiger partial charge >= 0.3 is 0 Å². The third-order valence-corrected chi connectivity index (χ3v) is 2.71. The molecule has 0 aliphatic carbocycles. The Kier molecular flexibility index (Phi) is 3.15. The van der Waals surface area contributed by atoms with Crippen LogP contribution in [0.5, 0.6) is 0 Å². The molecule has 84 valence electrons. The fourth-order valence-electron chi connectivity index (χ4n) is 1.39. The maximum absolute atomic E-state index is 6.01. The highest BCUT2D eigenvalue weighted by molar-refractivity contribution is 6.33. The van der Waals surface area contributed by atoms with Gasteiger partial charge in [0.25, 0.3) is 0 Å². The van der Waals surface area contributed by atoms with Crippen LogP contribution in [0.4, 0.5) is 5.69 Å². The molecule has 0 unspecified atom stereocenters. The van der Waals surface area contributed by atoms with Crippen LogP contribution < -0.4 is 5.32 Å². The van der Waals surface area contributed by atoms with E-state index in [1.54, 1.807) is 0 Å². The van der Waals surface area contributed by atoms with Crippen LogP contribution in [0.25, 0.3) is 0 Å². The lowest BCUT2D eigenvalue weighted by atomic mass is 10.3. The molecule has 1 aromatic carbocycles. The third kappa shape index (κ3) is 2.36. The zero-order valence-corrected chi connectivity index (χ0v) is 10.0. The quantitative estimate of drug-likeness (QED) is 0.886. The molecule has 2 rings (SSSR count). The number of para-hydroxylation sites is 1. The van der Waals surface area contributed by atoms with Gasteiger partial charge in [-0.2, -0.15) is 0 Å². The zero-order valence-electron chi connectivity index (χ0n) is 9.25.